The number of fused-ring (bicyclic) bond motifs is 1. The summed E-state index contributed by atoms with van der Waals surface area (Å²) in [5, 5.41) is 5.95. The molecule has 0 amide bonds. The summed E-state index contributed by atoms with van der Waals surface area (Å²) in [5.74, 6) is 0. The number of nitrogens with one attached hydrogen (secondary N) is 1. The SMILES string of the molecule is COC(C)(C)C(C)NC1CCCc2sccc21. The Balaban J connectivity index is 2.07. The van der Waals surface area contributed by atoms with Gasteiger partial charge in [-0.1, -0.05) is 0 Å². The Morgan fingerprint density at radius 3 is 3.00 bits per heavy atom. The van der Waals surface area contributed by atoms with Crippen LogP contribution in [0.15, 0.2) is 11.4 Å². The van der Waals surface area contributed by atoms with E-state index in [1.807, 2.05) is 11.3 Å². The smallest absolute Gasteiger partial charge is 0.0772 e. The monoisotopic (exact) mass is 253 g/mol. The van der Waals surface area contributed by atoms with Crippen molar-refractivity contribution in [2.45, 2.75) is 57.7 Å². The molecule has 1 aliphatic carbocycles. The number of thiophene rings is 1. The Hall–Kier alpha value is -0.380. The van der Waals surface area contributed by atoms with E-state index in [0.717, 1.165) is 0 Å². The predicted molar refractivity (Wildman–Crippen MR) is 73.7 cm³/mol. The minimum Gasteiger partial charge on any atom is -0.377 e. The lowest BCUT2D eigenvalue weighted by Crippen LogP contribution is -2.47. The number of rotatable bonds is 4. The van der Waals surface area contributed by atoms with Gasteiger partial charge in [-0.2, -0.15) is 0 Å². The van der Waals surface area contributed by atoms with Gasteiger partial charge in [0.1, 0.15) is 0 Å². The normalized spacial score (nSPS) is 22.2. The van der Waals surface area contributed by atoms with Crippen molar-refractivity contribution in [1.29, 1.82) is 0 Å². The van der Waals surface area contributed by atoms with E-state index in [2.05, 4.69) is 37.5 Å². The Morgan fingerprint density at radius 2 is 2.29 bits per heavy atom. The second-order valence-corrected chi connectivity index (χ2v) is 6.44. The number of hydrogen-bond acceptors (Lipinski definition) is 3. The van der Waals surface area contributed by atoms with Crippen molar-refractivity contribution in [2.24, 2.45) is 0 Å². The van der Waals surface area contributed by atoms with Gasteiger partial charge in [0.25, 0.3) is 0 Å². The molecule has 1 aliphatic rings. The highest BCUT2D eigenvalue weighted by molar-refractivity contribution is 7.10. The molecule has 2 nitrogen and oxygen atoms in total. The standard InChI is InChI=1S/C14H23NOS/c1-10(14(2,3)16-4)15-12-6-5-7-13-11(12)8-9-17-13/h8-10,12,15H,5-7H2,1-4H3. The highest BCUT2D eigenvalue weighted by atomic mass is 32.1. The average Bonchev–Trinajstić information content (AvgIpc) is 2.78. The molecule has 0 bridgehead atoms. The molecule has 0 saturated heterocycles. The minimum absolute atomic E-state index is 0.117. The first-order chi connectivity index (χ1) is 8.04. The van der Waals surface area contributed by atoms with Crippen molar-refractivity contribution < 1.29 is 4.74 Å². The summed E-state index contributed by atoms with van der Waals surface area (Å²) in [4.78, 5) is 1.57. The molecule has 1 aromatic heterocycles. The minimum atomic E-state index is -0.117. The zero-order valence-corrected chi connectivity index (χ0v) is 12.1. The summed E-state index contributed by atoms with van der Waals surface area (Å²) in [5.41, 5.74) is 1.40. The van der Waals surface area contributed by atoms with E-state index in [-0.39, 0.29) is 5.60 Å². The molecule has 1 aromatic rings. The predicted octanol–water partition coefficient (Wildman–Crippen LogP) is 3.53. The number of aryl methyl sites for hydroxylation is 1. The molecule has 2 rings (SSSR count). The highest BCUT2D eigenvalue weighted by Gasteiger charge is 2.29. The van der Waals surface area contributed by atoms with Gasteiger partial charge in [-0.25, -0.2) is 0 Å². The van der Waals surface area contributed by atoms with Crippen LogP contribution in [0.4, 0.5) is 0 Å². The zero-order valence-electron chi connectivity index (χ0n) is 11.2. The molecule has 17 heavy (non-hydrogen) atoms. The van der Waals surface area contributed by atoms with Crippen LogP contribution in [0.5, 0.6) is 0 Å². The third kappa shape index (κ3) is 2.72. The van der Waals surface area contributed by atoms with Crippen LogP contribution in [0.3, 0.4) is 0 Å². The Morgan fingerprint density at radius 1 is 1.53 bits per heavy atom. The average molecular weight is 253 g/mol. The van der Waals surface area contributed by atoms with Crippen LogP contribution in [-0.4, -0.2) is 18.8 Å². The molecule has 1 N–H and O–H groups in total. The number of methoxy groups -OCH3 is 1. The first kappa shape index (κ1) is 13.1. The van der Waals surface area contributed by atoms with E-state index in [0.29, 0.717) is 12.1 Å². The fourth-order valence-electron chi connectivity index (χ4n) is 2.34. The quantitative estimate of drug-likeness (QED) is 0.886. The zero-order chi connectivity index (χ0) is 12.5. The fraction of sp³-hybridized carbons (Fsp3) is 0.714. The Labute approximate surface area is 108 Å². The van der Waals surface area contributed by atoms with Crippen LogP contribution in [0.25, 0.3) is 0 Å². The van der Waals surface area contributed by atoms with Crippen molar-refractivity contribution >= 4 is 11.3 Å². The van der Waals surface area contributed by atoms with Gasteiger partial charge in [0, 0.05) is 24.1 Å². The van der Waals surface area contributed by atoms with E-state index in [4.69, 9.17) is 4.74 Å². The van der Waals surface area contributed by atoms with Gasteiger partial charge in [0.15, 0.2) is 0 Å². The van der Waals surface area contributed by atoms with Gasteiger partial charge in [-0.15, -0.1) is 11.3 Å². The molecule has 0 aromatic carbocycles. The van der Waals surface area contributed by atoms with E-state index >= 15 is 0 Å². The van der Waals surface area contributed by atoms with Gasteiger partial charge in [0.05, 0.1) is 5.60 Å². The largest absolute Gasteiger partial charge is 0.377 e. The summed E-state index contributed by atoms with van der Waals surface area (Å²) < 4.78 is 5.55. The maximum atomic E-state index is 5.55. The molecule has 0 saturated carbocycles. The van der Waals surface area contributed by atoms with Crippen molar-refractivity contribution in [2.75, 3.05) is 7.11 Å². The van der Waals surface area contributed by atoms with Gasteiger partial charge in [0.2, 0.25) is 0 Å². The molecule has 96 valence electrons. The van der Waals surface area contributed by atoms with E-state index in [9.17, 15) is 0 Å². The Bertz CT molecular complexity index is 372. The molecule has 0 radical (unpaired) electrons. The van der Waals surface area contributed by atoms with Crippen LogP contribution < -0.4 is 5.32 Å². The summed E-state index contributed by atoms with van der Waals surface area (Å²) >= 11 is 1.90. The van der Waals surface area contributed by atoms with Gasteiger partial charge < -0.3 is 10.1 Å². The molecule has 2 atom stereocenters. The van der Waals surface area contributed by atoms with Crippen LogP contribution in [0.2, 0.25) is 0 Å². The van der Waals surface area contributed by atoms with Crippen LogP contribution >= 0.6 is 11.3 Å². The second-order valence-electron chi connectivity index (χ2n) is 5.44. The topological polar surface area (TPSA) is 21.3 Å². The van der Waals surface area contributed by atoms with Crippen molar-refractivity contribution in [3.8, 4) is 0 Å². The number of ether oxygens (including phenoxy) is 1. The maximum absolute atomic E-state index is 5.55. The summed E-state index contributed by atoms with van der Waals surface area (Å²) in [7, 11) is 1.79. The fourth-order valence-corrected chi connectivity index (χ4v) is 3.33. The van der Waals surface area contributed by atoms with E-state index in [1.165, 1.54) is 24.8 Å². The van der Waals surface area contributed by atoms with Crippen LogP contribution in [-0.2, 0) is 11.2 Å². The van der Waals surface area contributed by atoms with Gasteiger partial charge in [-0.05, 0) is 57.0 Å². The molecular weight excluding hydrogens is 230 g/mol. The van der Waals surface area contributed by atoms with Crippen molar-refractivity contribution in [3.05, 3.63) is 21.9 Å². The Kier molecular flexibility index (Phi) is 3.91. The second kappa shape index (κ2) is 5.09. The third-order valence-electron chi connectivity index (χ3n) is 4.07. The lowest BCUT2D eigenvalue weighted by Gasteiger charge is -2.35. The third-order valence-corrected chi connectivity index (χ3v) is 5.07. The first-order valence-electron chi connectivity index (χ1n) is 6.42. The molecule has 0 fully saturated rings. The molecule has 3 heteroatoms. The van der Waals surface area contributed by atoms with E-state index in [1.54, 1.807) is 12.0 Å². The van der Waals surface area contributed by atoms with Crippen LogP contribution in [0, 0.1) is 0 Å². The summed E-state index contributed by atoms with van der Waals surface area (Å²) in [6.45, 7) is 6.49. The highest BCUT2D eigenvalue weighted by Crippen LogP contribution is 2.34. The van der Waals surface area contributed by atoms with Gasteiger partial charge >= 0.3 is 0 Å². The maximum Gasteiger partial charge on any atom is 0.0772 e. The molecule has 2 unspecified atom stereocenters. The van der Waals surface area contributed by atoms with Crippen molar-refractivity contribution in [1.82, 2.24) is 5.32 Å². The summed E-state index contributed by atoms with van der Waals surface area (Å²) in [6, 6.07) is 3.14. The van der Waals surface area contributed by atoms with Crippen LogP contribution in [0.1, 0.15) is 50.1 Å². The van der Waals surface area contributed by atoms with E-state index < -0.39 is 0 Å². The summed E-state index contributed by atoms with van der Waals surface area (Å²) in [6.07, 6.45) is 3.80. The lowest BCUT2D eigenvalue weighted by atomic mass is 9.91. The van der Waals surface area contributed by atoms with Gasteiger partial charge in [-0.3, -0.25) is 0 Å². The molecule has 0 aliphatic heterocycles. The first-order valence-corrected chi connectivity index (χ1v) is 7.30. The number of hydrogen-bond donors (Lipinski definition) is 1. The lowest BCUT2D eigenvalue weighted by molar-refractivity contribution is -0.00872. The molecule has 1 heterocycles. The molecular formula is C14H23NOS. The molecule has 0 spiro atoms. The van der Waals surface area contributed by atoms with Crippen molar-refractivity contribution in [3.63, 3.8) is 0 Å².